The van der Waals surface area contributed by atoms with Crippen LogP contribution in [-0.2, 0) is 12.8 Å². The van der Waals surface area contributed by atoms with Crippen LogP contribution in [0.1, 0.15) is 63.0 Å². The molecule has 0 atom stereocenters. The SMILES string of the molecule is CCCCCCCCc1ccc(-c2ccc(O)cc2CCC[SiH](Cl)Cl)cc1. The summed E-state index contributed by atoms with van der Waals surface area (Å²) in [6.45, 7) is 2.26. The molecule has 4 heteroatoms. The largest absolute Gasteiger partial charge is 0.508 e. The smallest absolute Gasteiger partial charge is 0.237 e. The minimum atomic E-state index is -1.56. The second-order valence-electron chi connectivity index (χ2n) is 7.34. The lowest BCUT2D eigenvalue weighted by Gasteiger charge is -2.12. The maximum Gasteiger partial charge on any atom is 0.237 e. The molecule has 0 aromatic heterocycles. The van der Waals surface area contributed by atoms with Gasteiger partial charge in [0.15, 0.2) is 0 Å². The summed E-state index contributed by atoms with van der Waals surface area (Å²) < 4.78 is 0. The third-order valence-corrected chi connectivity index (χ3v) is 7.20. The molecule has 1 N–H and O–H groups in total. The number of phenols is 1. The molecule has 0 aliphatic carbocycles. The van der Waals surface area contributed by atoms with Gasteiger partial charge in [0.25, 0.3) is 0 Å². The van der Waals surface area contributed by atoms with Gasteiger partial charge in [-0.25, -0.2) is 0 Å². The summed E-state index contributed by atoms with van der Waals surface area (Å²) in [6.07, 6.45) is 11.0. The summed E-state index contributed by atoms with van der Waals surface area (Å²) >= 11 is 12.0. The molecule has 1 nitrogen and oxygen atoms in total. The third-order valence-electron chi connectivity index (χ3n) is 5.04. The van der Waals surface area contributed by atoms with Gasteiger partial charge in [-0.05, 0) is 66.1 Å². The lowest BCUT2D eigenvalue weighted by atomic mass is 9.95. The molecule has 27 heavy (non-hydrogen) atoms. The van der Waals surface area contributed by atoms with E-state index in [-0.39, 0.29) is 0 Å². The van der Waals surface area contributed by atoms with E-state index in [9.17, 15) is 5.11 Å². The second kappa shape index (κ2) is 12.5. The number of unbranched alkanes of at least 4 members (excludes halogenated alkanes) is 5. The Hall–Kier alpha value is -0.963. The molecular weight excluding hydrogens is 391 g/mol. The van der Waals surface area contributed by atoms with Gasteiger partial charge in [-0.15, -0.1) is 0 Å². The van der Waals surface area contributed by atoms with E-state index in [0.29, 0.717) is 5.75 Å². The first kappa shape index (κ1) is 22.3. The molecular formula is C23H32Cl2OSi. The maximum absolute atomic E-state index is 9.87. The average molecular weight is 424 g/mol. The van der Waals surface area contributed by atoms with Gasteiger partial charge < -0.3 is 5.11 Å². The fourth-order valence-electron chi connectivity index (χ4n) is 3.48. The van der Waals surface area contributed by atoms with Gasteiger partial charge >= 0.3 is 0 Å². The predicted octanol–water partition coefficient (Wildman–Crippen LogP) is 7.59. The van der Waals surface area contributed by atoms with Crippen LogP contribution in [0.2, 0.25) is 6.04 Å². The van der Waals surface area contributed by atoms with Gasteiger partial charge in [-0.3, -0.25) is 0 Å². The lowest BCUT2D eigenvalue weighted by Crippen LogP contribution is -1.96. The first-order chi connectivity index (χ1) is 13.1. The summed E-state index contributed by atoms with van der Waals surface area (Å²) in [5, 5.41) is 9.87. The van der Waals surface area contributed by atoms with Crippen LogP contribution in [0.3, 0.4) is 0 Å². The topological polar surface area (TPSA) is 20.2 Å². The second-order valence-corrected chi connectivity index (χ2v) is 12.5. The highest BCUT2D eigenvalue weighted by Crippen LogP contribution is 2.29. The molecule has 0 spiro atoms. The highest BCUT2D eigenvalue weighted by Gasteiger charge is 2.09. The third kappa shape index (κ3) is 8.29. The van der Waals surface area contributed by atoms with Crippen LogP contribution in [0.4, 0.5) is 0 Å². The van der Waals surface area contributed by atoms with Gasteiger partial charge in [-0.1, -0.05) is 69.4 Å². The summed E-state index contributed by atoms with van der Waals surface area (Å²) in [7, 11) is -1.56. The standard InChI is InChI=1S/C23H32Cl2OSi/c1-2-3-4-5-6-7-9-19-11-13-20(14-12-19)23-16-15-22(26)18-21(23)10-8-17-27(24)25/h11-16,18,26-27H,2-10,17H2,1H3. The van der Waals surface area contributed by atoms with Crippen molar-refractivity contribution in [2.45, 2.75) is 70.8 Å². The van der Waals surface area contributed by atoms with Crippen molar-refractivity contribution in [3.63, 3.8) is 0 Å². The number of phenolic OH excluding ortho intramolecular Hbond substituents is 1. The zero-order chi connectivity index (χ0) is 19.5. The Bertz CT molecular complexity index is 671. The first-order valence-corrected chi connectivity index (χ1v) is 14.6. The fraction of sp³-hybridized carbons (Fsp3) is 0.478. The summed E-state index contributed by atoms with van der Waals surface area (Å²) in [6, 6.07) is 15.5. The van der Waals surface area contributed by atoms with Crippen molar-refractivity contribution in [3.8, 4) is 16.9 Å². The maximum atomic E-state index is 9.87. The van der Waals surface area contributed by atoms with E-state index in [1.807, 2.05) is 12.1 Å². The molecule has 0 aliphatic rings. The van der Waals surface area contributed by atoms with Crippen LogP contribution in [0.5, 0.6) is 5.75 Å². The Balaban J connectivity index is 1.95. The number of hydrogen-bond donors (Lipinski definition) is 1. The lowest BCUT2D eigenvalue weighted by molar-refractivity contribution is 0.474. The van der Waals surface area contributed by atoms with Crippen molar-refractivity contribution in [1.29, 1.82) is 0 Å². The summed E-state index contributed by atoms with van der Waals surface area (Å²) in [5.74, 6) is 0.319. The van der Waals surface area contributed by atoms with Crippen molar-refractivity contribution in [2.75, 3.05) is 0 Å². The number of aryl methyl sites for hydroxylation is 2. The summed E-state index contributed by atoms with van der Waals surface area (Å²) in [4.78, 5) is 0. The molecule has 2 rings (SSSR count). The van der Waals surface area contributed by atoms with Gasteiger partial charge in [0, 0.05) is 0 Å². The average Bonchev–Trinajstić information content (AvgIpc) is 2.65. The van der Waals surface area contributed by atoms with Gasteiger partial charge in [0.05, 0.1) is 0 Å². The van der Waals surface area contributed by atoms with Crippen LogP contribution in [-0.4, -0.2) is 12.5 Å². The molecule has 0 bridgehead atoms. The molecule has 0 unspecified atom stereocenters. The molecule has 0 aliphatic heterocycles. The molecule has 0 saturated carbocycles. The molecule has 2 aromatic rings. The quantitative estimate of drug-likeness (QED) is 0.212. The number of hydrogen-bond acceptors (Lipinski definition) is 1. The van der Waals surface area contributed by atoms with Gasteiger partial charge in [0.2, 0.25) is 7.42 Å². The van der Waals surface area contributed by atoms with E-state index in [4.69, 9.17) is 22.2 Å². The Morgan fingerprint density at radius 1 is 0.815 bits per heavy atom. The Morgan fingerprint density at radius 3 is 2.22 bits per heavy atom. The highest BCUT2D eigenvalue weighted by molar-refractivity contribution is 7.33. The number of halogens is 2. The fourth-order valence-corrected chi connectivity index (χ4v) is 4.91. The minimum absolute atomic E-state index is 0.319. The summed E-state index contributed by atoms with van der Waals surface area (Å²) in [5.41, 5.74) is 4.98. The Kier molecular flexibility index (Phi) is 10.3. The normalized spacial score (nSPS) is 11.3. The van der Waals surface area contributed by atoms with Crippen LogP contribution in [0.25, 0.3) is 11.1 Å². The van der Waals surface area contributed by atoms with Crippen molar-refractivity contribution in [3.05, 3.63) is 53.6 Å². The van der Waals surface area contributed by atoms with Crippen molar-refractivity contribution in [2.24, 2.45) is 0 Å². The number of aromatic hydroxyl groups is 1. The van der Waals surface area contributed by atoms with E-state index in [1.165, 1.54) is 60.8 Å². The molecule has 148 valence electrons. The van der Waals surface area contributed by atoms with Crippen LogP contribution < -0.4 is 0 Å². The molecule has 0 amide bonds. The van der Waals surface area contributed by atoms with E-state index in [0.717, 1.165) is 25.3 Å². The predicted molar refractivity (Wildman–Crippen MR) is 123 cm³/mol. The monoisotopic (exact) mass is 422 g/mol. The number of rotatable bonds is 12. The Morgan fingerprint density at radius 2 is 1.52 bits per heavy atom. The van der Waals surface area contributed by atoms with Gasteiger partial charge in [-0.2, -0.15) is 22.2 Å². The molecule has 0 radical (unpaired) electrons. The van der Waals surface area contributed by atoms with Crippen molar-refractivity contribution < 1.29 is 5.11 Å². The molecule has 2 aromatic carbocycles. The molecule has 0 saturated heterocycles. The highest BCUT2D eigenvalue weighted by atomic mass is 35.7. The van der Waals surface area contributed by atoms with Crippen molar-refractivity contribution in [1.82, 2.24) is 0 Å². The van der Waals surface area contributed by atoms with Crippen LogP contribution in [0, 0.1) is 0 Å². The van der Waals surface area contributed by atoms with Crippen LogP contribution in [0.15, 0.2) is 42.5 Å². The zero-order valence-corrected chi connectivity index (χ0v) is 19.1. The van der Waals surface area contributed by atoms with E-state index in [1.54, 1.807) is 6.07 Å². The zero-order valence-electron chi connectivity index (χ0n) is 16.4. The van der Waals surface area contributed by atoms with E-state index >= 15 is 0 Å². The molecule has 0 heterocycles. The Labute approximate surface area is 175 Å². The first-order valence-electron chi connectivity index (χ1n) is 10.3. The molecule has 0 fully saturated rings. The van der Waals surface area contributed by atoms with E-state index in [2.05, 4.69) is 31.2 Å². The van der Waals surface area contributed by atoms with Gasteiger partial charge in [0.1, 0.15) is 5.75 Å². The van der Waals surface area contributed by atoms with E-state index < -0.39 is 7.42 Å². The van der Waals surface area contributed by atoms with Crippen LogP contribution >= 0.6 is 22.2 Å². The minimum Gasteiger partial charge on any atom is -0.508 e. The number of benzene rings is 2. The van der Waals surface area contributed by atoms with Crippen molar-refractivity contribution >= 4 is 29.6 Å².